The molecule has 0 saturated carbocycles. The van der Waals surface area contributed by atoms with Crippen LogP contribution in [-0.4, -0.2) is 12.2 Å². The van der Waals surface area contributed by atoms with Gasteiger partial charge in [-0.05, 0) is 19.4 Å². The summed E-state index contributed by atoms with van der Waals surface area (Å²) in [5, 5.41) is 2.79. The maximum absolute atomic E-state index is 11.0. The molecule has 2 unspecified atom stereocenters. The number of carbonyl (C=O) groups is 1. The lowest BCUT2D eigenvalue weighted by atomic mass is 10.0. The number of hydrogen-bond acceptors (Lipinski definition) is 2. The highest BCUT2D eigenvalue weighted by atomic mass is 16.6. The second-order valence-corrected chi connectivity index (χ2v) is 3.65. The van der Waals surface area contributed by atoms with E-state index in [0.717, 1.165) is 5.56 Å². The molecule has 1 aromatic carbocycles. The van der Waals surface area contributed by atoms with Crippen LogP contribution < -0.4 is 5.32 Å². The Kier molecular flexibility index (Phi) is 2.15. The molecule has 1 N–H and O–H groups in total. The van der Waals surface area contributed by atoms with Crippen LogP contribution >= 0.6 is 0 Å². The molecule has 0 aliphatic carbocycles. The van der Waals surface area contributed by atoms with Gasteiger partial charge in [0.15, 0.2) is 0 Å². The molecule has 1 amide bonds. The molecule has 0 bridgehead atoms. The number of cyclic esters (lactones) is 1. The van der Waals surface area contributed by atoms with Crippen molar-refractivity contribution >= 4 is 6.09 Å². The number of nitrogens with one attached hydrogen (secondary N) is 1. The van der Waals surface area contributed by atoms with Crippen molar-refractivity contribution in [2.75, 3.05) is 0 Å². The van der Waals surface area contributed by atoms with Crippen LogP contribution in [0.4, 0.5) is 4.79 Å². The summed E-state index contributed by atoms with van der Waals surface area (Å²) >= 11 is 0. The van der Waals surface area contributed by atoms with E-state index >= 15 is 0 Å². The normalized spacial score (nSPS) is 25.7. The van der Waals surface area contributed by atoms with Crippen molar-refractivity contribution in [1.29, 1.82) is 0 Å². The Morgan fingerprint density at radius 3 is 2.79 bits per heavy atom. The molecule has 1 fully saturated rings. The van der Waals surface area contributed by atoms with Gasteiger partial charge in [-0.25, -0.2) is 4.79 Å². The smallest absolute Gasteiger partial charge is 0.408 e. The Morgan fingerprint density at radius 1 is 1.43 bits per heavy atom. The van der Waals surface area contributed by atoms with Crippen LogP contribution in [0.15, 0.2) is 24.3 Å². The second kappa shape index (κ2) is 3.33. The molecule has 0 spiro atoms. The number of rotatable bonds is 1. The van der Waals surface area contributed by atoms with Gasteiger partial charge in [0.2, 0.25) is 0 Å². The van der Waals surface area contributed by atoms with Crippen LogP contribution in [0.1, 0.15) is 24.1 Å². The zero-order valence-electron chi connectivity index (χ0n) is 8.28. The van der Waals surface area contributed by atoms with Crippen molar-refractivity contribution in [3.8, 4) is 0 Å². The standard InChI is InChI=1S/C11H13NO2/c1-7-4-3-5-9(6-7)10-8(2)14-11(13)12-10/h3-6,8,10H,1-2H3,(H,12,13). The van der Waals surface area contributed by atoms with Crippen LogP contribution in [0.2, 0.25) is 0 Å². The van der Waals surface area contributed by atoms with E-state index in [0.29, 0.717) is 0 Å². The molecule has 14 heavy (non-hydrogen) atoms. The third-order valence-electron chi connectivity index (χ3n) is 2.44. The van der Waals surface area contributed by atoms with Gasteiger partial charge in [-0.3, -0.25) is 0 Å². The molecule has 2 atom stereocenters. The van der Waals surface area contributed by atoms with E-state index < -0.39 is 0 Å². The summed E-state index contributed by atoms with van der Waals surface area (Å²) in [7, 11) is 0. The largest absolute Gasteiger partial charge is 0.444 e. The van der Waals surface area contributed by atoms with Crippen molar-refractivity contribution < 1.29 is 9.53 Å². The topological polar surface area (TPSA) is 38.3 Å². The summed E-state index contributed by atoms with van der Waals surface area (Å²) in [6, 6.07) is 8.08. The maximum atomic E-state index is 11.0. The molecular formula is C11H13NO2. The summed E-state index contributed by atoms with van der Waals surface area (Å²) in [5.74, 6) is 0. The Labute approximate surface area is 83.1 Å². The zero-order valence-corrected chi connectivity index (χ0v) is 8.28. The highest BCUT2D eigenvalue weighted by molar-refractivity contribution is 5.70. The Balaban J connectivity index is 2.27. The van der Waals surface area contributed by atoms with Gasteiger partial charge in [-0.2, -0.15) is 0 Å². The average Bonchev–Trinajstić information content (AvgIpc) is 2.45. The molecule has 2 rings (SSSR count). The number of benzene rings is 1. The van der Waals surface area contributed by atoms with Crippen LogP contribution in [-0.2, 0) is 4.74 Å². The summed E-state index contributed by atoms with van der Waals surface area (Å²) in [5.41, 5.74) is 2.29. The minimum atomic E-state index is -0.330. The first-order chi connectivity index (χ1) is 6.66. The van der Waals surface area contributed by atoms with Crippen molar-refractivity contribution in [2.45, 2.75) is 26.0 Å². The van der Waals surface area contributed by atoms with Gasteiger partial charge in [0.25, 0.3) is 0 Å². The number of amides is 1. The Bertz CT molecular complexity index is 362. The quantitative estimate of drug-likeness (QED) is 0.738. The number of hydrogen-bond donors (Lipinski definition) is 1. The molecule has 1 heterocycles. The predicted octanol–water partition coefficient (Wildman–Crippen LogP) is 2.16. The van der Waals surface area contributed by atoms with Crippen molar-refractivity contribution in [3.05, 3.63) is 35.4 Å². The van der Waals surface area contributed by atoms with Crippen molar-refractivity contribution in [2.24, 2.45) is 0 Å². The third kappa shape index (κ3) is 1.58. The lowest BCUT2D eigenvalue weighted by Crippen LogP contribution is -2.20. The van der Waals surface area contributed by atoms with Crippen LogP contribution in [0, 0.1) is 6.92 Å². The Hall–Kier alpha value is -1.51. The first kappa shape index (κ1) is 9.06. The average molecular weight is 191 g/mol. The van der Waals surface area contributed by atoms with Gasteiger partial charge >= 0.3 is 6.09 Å². The molecule has 3 heteroatoms. The van der Waals surface area contributed by atoms with E-state index in [1.807, 2.05) is 32.0 Å². The molecule has 1 aromatic rings. The van der Waals surface area contributed by atoms with Crippen molar-refractivity contribution in [1.82, 2.24) is 5.32 Å². The van der Waals surface area contributed by atoms with E-state index in [1.165, 1.54) is 5.56 Å². The van der Waals surface area contributed by atoms with E-state index in [-0.39, 0.29) is 18.2 Å². The third-order valence-corrected chi connectivity index (χ3v) is 2.44. The molecule has 3 nitrogen and oxygen atoms in total. The van der Waals surface area contributed by atoms with Gasteiger partial charge in [0.1, 0.15) is 6.10 Å². The van der Waals surface area contributed by atoms with Crippen LogP contribution in [0.5, 0.6) is 0 Å². The fraction of sp³-hybridized carbons (Fsp3) is 0.364. The monoisotopic (exact) mass is 191 g/mol. The van der Waals surface area contributed by atoms with E-state index in [9.17, 15) is 4.79 Å². The summed E-state index contributed by atoms with van der Waals surface area (Å²) in [6.45, 7) is 3.93. The molecule has 0 radical (unpaired) electrons. The van der Waals surface area contributed by atoms with Crippen LogP contribution in [0.3, 0.4) is 0 Å². The highest BCUT2D eigenvalue weighted by Crippen LogP contribution is 2.24. The first-order valence-electron chi connectivity index (χ1n) is 4.70. The van der Waals surface area contributed by atoms with E-state index in [1.54, 1.807) is 0 Å². The number of carbonyl (C=O) groups excluding carboxylic acids is 1. The van der Waals surface area contributed by atoms with Gasteiger partial charge < -0.3 is 10.1 Å². The summed E-state index contributed by atoms with van der Waals surface area (Å²) in [6.07, 6.45) is -0.423. The van der Waals surface area contributed by atoms with E-state index in [2.05, 4.69) is 11.4 Å². The fourth-order valence-electron chi connectivity index (χ4n) is 1.73. The maximum Gasteiger partial charge on any atom is 0.408 e. The number of ether oxygens (including phenoxy) is 1. The summed E-state index contributed by atoms with van der Waals surface area (Å²) < 4.78 is 5.02. The number of aryl methyl sites for hydroxylation is 1. The SMILES string of the molecule is Cc1cccc(C2NC(=O)OC2C)c1. The second-order valence-electron chi connectivity index (χ2n) is 3.65. The van der Waals surface area contributed by atoms with Gasteiger partial charge in [0, 0.05) is 0 Å². The molecule has 0 aromatic heterocycles. The lowest BCUT2D eigenvalue weighted by molar-refractivity contribution is 0.141. The van der Waals surface area contributed by atoms with E-state index in [4.69, 9.17) is 4.74 Å². The van der Waals surface area contributed by atoms with Gasteiger partial charge in [-0.1, -0.05) is 29.8 Å². The van der Waals surface area contributed by atoms with Crippen molar-refractivity contribution in [3.63, 3.8) is 0 Å². The minimum Gasteiger partial charge on any atom is -0.444 e. The molecule has 74 valence electrons. The lowest BCUT2D eigenvalue weighted by Gasteiger charge is -2.13. The predicted molar refractivity (Wildman–Crippen MR) is 53.0 cm³/mol. The molecule has 1 aliphatic heterocycles. The zero-order chi connectivity index (χ0) is 10.1. The van der Waals surface area contributed by atoms with Crippen LogP contribution in [0.25, 0.3) is 0 Å². The Morgan fingerprint density at radius 2 is 2.21 bits per heavy atom. The molecule has 1 aliphatic rings. The first-order valence-corrected chi connectivity index (χ1v) is 4.70. The summed E-state index contributed by atoms with van der Waals surface area (Å²) in [4.78, 5) is 11.0. The molecule has 1 saturated heterocycles. The van der Waals surface area contributed by atoms with Gasteiger partial charge in [0.05, 0.1) is 6.04 Å². The minimum absolute atomic E-state index is 0.0117. The number of alkyl carbamates (subject to hydrolysis) is 1. The van der Waals surface area contributed by atoms with Gasteiger partial charge in [-0.15, -0.1) is 0 Å². The highest BCUT2D eigenvalue weighted by Gasteiger charge is 2.31. The molecular weight excluding hydrogens is 178 g/mol. The fourth-order valence-corrected chi connectivity index (χ4v) is 1.73.